The third kappa shape index (κ3) is 2.76. The lowest BCUT2D eigenvalue weighted by Gasteiger charge is -2.11. The molecule has 1 aromatic carbocycles. The third-order valence-electron chi connectivity index (χ3n) is 2.45. The van der Waals surface area contributed by atoms with E-state index in [1.807, 2.05) is 42.8 Å². The molecule has 88 valence electrons. The van der Waals surface area contributed by atoms with Crippen molar-refractivity contribution in [2.75, 3.05) is 5.32 Å². The van der Waals surface area contributed by atoms with Gasteiger partial charge in [-0.1, -0.05) is 6.07 Å². The molecule has 2 nitrogen and oxygen atoms in total. The van der Waals surface area contributed by atoms with Crippen LogP contribution in [0.2, 0.25) is 0 Å². The Balaban J connectivity index is 2.28. The molecule has 2 aromatic rings. The Bertz CT molecular complexity index is 526. The zero-order valence-corrected chi connectivity index (χ0v) is 12.0. The van der Waals surface area contributed by atoms with Crippen molar-refractivity contribution in [1.29, 1.82) is 0 Å². The Morgan fingerprint density at radius 3 is 2.71 bits per heavy atom. The highest BCUT2D eigenvalue weighted by atomic mass is 79.9. The Hall–Kier alpha value is -1.13. The van der Waals surface area contributed by atoms with Crippen molar-refractivity contribution in [3.8, 4) is 0 Å². The highest BCUT2D eigenvalue weighted by Crippen LogP contribution is 2.28. The maximum absolute atomic E-state index is 11.9. The van der Waals surface area contributed by atoms with Crippen LogP contribution in [0.15, 0.2) is 33.4 Å². The van der Waals surface area contributed by atoms with E-state index in [0.717, 1.165) is 15.7 Å². The molecule has 0 saturated carbocycles. The van der Waals surface area contributed by atoms with Crippen LogP contribution < -0.4 is 5.32 Å². The summed E-state index contributed by atoms with van der Waals surface area (Å²) < 4.78 is 0.915. The van der Waals surface area contributed by atoms with Gasteiger partial charge in [0.05, 0.1) is 11.3 Å². The van der Waals surface area contributed by atoms with E-state index < -0.39 is 0 Å². The van der Waals surface area contributed by atoms with Crippen molar-refractivity contribution in [1.82, 2.24) is 0 Å². The molecule has 0 atom stereocenters. The fourth-order valence-electron chi connectivity index (χ4n) is 1.65. The van der Waals surface area contributed by atoms with Crippen LogP contribution in [0.1, 0.15) is 21.5 Å². The first-order valence-corrected chi connectivity index (χ1v) is 6.92. The number of hydrogen-bond donors (Lipinski definition) is 1. The molecule has 0 unspecified atom stereocenters. The van der Waals surface area contributed by atoms with E-state index in [-0.39, 0.29) is 5.91 Å². The summed E-state index contributed by atoms with van der Waals surface area (Å²) in [6.45, 7) is 4.02. The summed E-state index contributed by atoms with van der Waals surface area (Å²) in [7, 11) is 0. The minimum Gasteiger partial charge on any atom is -0.321 e. The molecule has 4 heteroatoms. The first-order chi connectivity index (χ1) is 8.08. The summed E-state index contributed by atoms with van der Waals surface area (Å²) in [4.78, 5) is 11.9. The van der Waals surface area contributed by atoms with Crippen LogP contribution in [-0.4, -0.2) is 5.91 Å². The smallest absolute Gasteiger partial charge is 0.256 e. The Labute approximate surface area is 113 Å². The lowest BCUT2D eigenvalue weighted by atomic mass is 10.1. The second-order valence-electron chi connectivity index (χ2n) is 3.90. The molecule has 2 rings (SSSR count). The van der Waals surface area contributed by atoms with Gasteiger partial charge in [0.2, 0.25) is 0 Å². The average Bonchev–Trinajstić information content (AvgIpc) is 2.76. The van der Waals surface area contributed by atoms with Gasteiger partial charge in [0, 0.05) is 9.85 Å². The predicted molar refractivity (Wildman–Crippen MR) is 75.9 cm³/mol. The zero-order valence-electron chi connectivity index (χ0n) is 9.58. The summed E-state index contributed by atoms with van der Waals surface area (Å²) >= 11 is 4.99. The molecule has 1 N–H and O–H groups in total. The van der Waals surface area contributed by atoms with E-state index in [1.54, 1.807) is 0 Å². The molecule has 0 saturated heterocycles. The van der Waals surface area contributed by atoms with E-state index in [4.69, 9.17) is 0 Å². The van der Waals surface area contributed by atoms with Crippen LogP contribution in [-0.2, 0) is 0 Å². The average molecular weight is 310 g/mol. The molecule has 0 aliphatic carbocycles. The molecule has 1 aromatic heterocycles. The second kappa shape index (κ2) is 5.02. The second-order valence-corrected chi connectivity index (χ2v) is 5.54. The summed E-state index contributed by atoms with van der Waals surface area (Å²) in [5.74, 6) is -0.0705. The van der Waals surface area contributed by atoms with Gasteiger partial charge < -0.3 is 5.32 Å². The molecule has 1 amide bonds. The van der Waals surface area contributed by atoms with Crippen molar-refractivity contribution in [2.45, 2.75) is 13.8 Å². The molecule has 0 radical (unpaired) electrons. The molecule has 0 aliphatic rings. The number of aryl methyl sites for hydroxylation is 2. The largest absolute Gasteiger partial charge is 0.321 e. The Morgan fingerprint density at radius 1 is 1.35 bits per heavy atom. The van der Waals surface area contributed by atoms with Gasteiger partial charge in [-0.2, -0.15) is 11.3 Å². The number of halogens is 1. The maximum atomic E-state index is 11.9. The van der Waals surface area contributed by atoms with Gasteiger partial charge in [0.15, 0.2) is 0 Å². The van der Waals surface area contributed by atoms with Crippen molar-refractivity contribution < 1.29 is 4.79 Å². The van der Waals surface area contributed by atoms with Crippen molar-refractivity contribution >= 4 is 38.9 Å². The van der Waals surface area contributed by atoms with Crippen LogP contribution >= 0.6 is 27.3 Å². The van der Waals surface area contributed by atoms with E-state index in [1.165, 1.54) is 16.9 Å². The van der Waals surface area contributed by atoms with Gasteiger partial charge in [-0.05, 0) is 58.4 Å². The summed E-state index contributed by atoms with van der Waals surface area (Å²) in [5, 5.41) is 6.66. The summed E-state index contributed by atoms with van der Waals surface area (Å²) in [6.07, 6.45) is 0. The molecule has 17 heavy (non-hydrogen) atoms. The van der Waals surface area contributed by atoms with Gasteiger partial charge in [-0.3, -0.25) is 4.79 Å². The molecule has 1 heterocycles. The van der Waals surface area contributed by atoms with Crippen LogP contribution in [0, 0.1) is 13.8 Å². The fourth-order valence-corrected chi connectivity index (χ4v) is 3.06. The van der Waals surface area contributed by atoms with Crippen LogP contribution in [0.4, 0.5) is 5.69 Å². The van der Waals surface area contributed by atoms with Crippen LogP contribution in [0.3, 0.4) is 0 Å². The van der Waals surface area contributed by atoms with E-state index in [2.05, 4.69) is 21.2 Å². The van der Waals surface area contributed by atoms with Gasteiger partial charge in [-0.25, -0.2) is 0 Å². The van der Waals surface area contributed by atoms with Gasteiger partial charge in [0.25, 0.3) is 5.91 Å². The lowest BCUT2D eigenvalue weighted by Crippen LogP contribution is -2.12. The normalized spacial score (nSPS) is 10.3. The third-order valence-corrected chi connectivity index (χ3v) is 3.76. The number of hydrogen-bond acceptors (Lipinski definition) is 2. The zero-order chi connectivity index (χ0) is 12.4. The minimum atomic E-state index is -0.0705. The maximum Gasteiger partial charge on any atom is 0.256 e. The minimum absolute atomic E-state index is 0.0705. The van der Waals surface area contributed by atoms with E-state index in [9.17, 15) is 4.79 Å². The quantitative estimate of drug-likeness (QED) is 0.876. The predicted octanol–water partition coefficient (Wildman–Crippen LogP) is 4.38. The molecule has 0 aliphatic heterocycles. The molecule has 0 fully saturated rings. The number of anilines is 1. The summed E-state index contributed by atoms with van der Waals surface area (Å²) in [6, 6.07) is 5.86. The highest BCUT2D eigenvalue weighted by molar-refractivity contribution is 9.10. The van der Waals surface area contributed by atoms with E-state index >= 15 is 0 Å². The van der Waals surface area contributed by atoms with Gasteiger partial charge in [0.1, 0.15) is 0 Å². The van der Waals surface area contributed by atoms with Crippen molar-refractivity contribution in [2.24, 2.45) is 0 Å². The number of nitrogens with one attached hydrogen (secondary N) is 1. The fraction of sp³-hybridized carbons (Fsp3) is 0.154. The SMILES string of the molecule is Cc1cc(C)c(NC(=O)c2ccsc2)c(Br)c1. The Morgan fingerprint density at radius 2 is 2.12 bits per heavy atom. The topological polar surface area (TPSA) is 29.1 Å². The first kappa shape index (κ1) is 12.3. The standard InChI is InChI=1S/C13H12BrNOS/c1-8-5-9(2)12(11(14)6-8)15-13(16)10-3-4-17-7-10/h3-7H,1-2H3,(H,15,16). The number of amides is 1. The lowest BCUT2D eigenvalue weighted by molar-refractivity contribution is 0.102. The molecular weight excluding hydrogens is 298 g/mol. The van der Waals surface area contributed by atoms with E-state index in [0.29, 0.717) is 5.56 Å². The molecular formula is C13H12BrNOS. The molecule has 0 spiro atoms. The molecule has 0 bridgehead atoms. The number of benzene rings is 1. The Kier molecular flexibility index (Phi) is 3.64. The van der Waals surface area contributed by atoms with Crippen LogP contribution in [0.25, 0.3) is 0 Å². The number of carbonyl (C=O) groups is 1. The monoisotopic (exact) mass is 309 g/mol. The van der Waals surface area contributed by atoms with Gasteiger partial charge in [-0.15, -0.1) is 0 Å². The number of rotatable bonds is 2. The highest BCUT2D eigenvalue weighted by Gasteiger charge is 2.10. The van der Waals surface area contributed by atoms with Crippen molar-refractivity contribution in [3.05, 3.63) is 50.1 Å². The van der Waals surface area contributed by atoms with Gasteiger partial charge >= 0.3 is 0 Å². The summed E-state index contributed by atoms with van der Waals surface area (Å²) in [5.41, 5.74) is 3.76. The van der Waals surface area contributed by atoms with Crippen molar-refractivity contribution in [3.63, 3.8) is 0 Å². The first-order valence-electron chi connectivity index (χ1n) is 5.18. The number of thiophene rings is 1. The number of carbonyl (C=O) groups excluding carboxylic acids is 1. The van der Waals surface area contributed by atoms with Crippen LogP contribution in [0.5, 0.6) is 0 Å².